The fraction of sp³-hybridized carbons (Fsp3) is 0.435. The van der Waals surface area contributed by atoms with Crippen molar-refractivity contribution < 1.29 is 19.0 Å². The van der Waals surface area contributed by atoms with Gasteiger partial charge in [-0.3, -0.25) is 4.79 Å². The number of hydrogen-bond donors (Lipinski definition) is 0. The van der Waals surface area contributed by atoms with Gasteiger partial charge in [-0.05, 0) is 42.5 Å². The van der Waals surface area contributed by atoms with E-state index in [0.29, 0.717) is 32.3 Å². The highest BCUT2D eigenvalue weighted by Crippen LogP contribution is 2.47. The van der Waals surface area contributed by atoms with Crippen LogP contribution in [0.4, 0.5) is 5.69 Å². The van der Waals surface area contributed by atoms with Crippen molar-refractivity contribution in [1.29, 1.82) is 0 Å². The number of para-hydroxylation sites is 1. The minimum absolute atomic E-state index is 0.161. The van der Waals surface area contributed by atoms with Crippen LogP contribution >= 0.6 is 0 Å². The van der Waals surface area contributed by atoms with Gasteiger partial charge in [0.2, 0.25) is 0 Å². The molecule has 1 saturated heterocycles. The second kappa shape index (κ2) is 7.22. The lowest BCUT2D eigenvalue weighted by molar-refractivity contribution is -0.180. The minimum atomic E-state index is -1.28. The van der Waals surface area contributed by atoms with E-state index in [0.717, 1.165) is 28.1 Å². The largest absolute Gasteiger partial charge is 0.491 e. The van der Waals surface area contributed by atoms with E-state index in [1.807, 2.05) is 25.1 Å². The molecule has 0 radical (unpaired) electrons. The number of carbonyl (C=O) groups is 1. The highest BCUT2D eigenvalue weighted by molar-refractivity contribution is 6.07. The van der Waals surface area contributed by atoms with Crippen molar-refractivity contribution in [3.05, 3.63) is 58.7 Å². The van der Waals surface area contributed by atoms with Crippen LogP contribution in [-0.2, 0) is 20.1 Å². The lowest BCUT2D eigenvalue weighted by atomic mass is 10.0. The standard InChI is InChI=1S/C23H27NO4/c1-15(2)18-9-8-16(3)14-20(18)26-11-10-24-21-17(4)6-5-7-19(21)23(22(24)25)27-12-13-28-23/h5-9,14-15H,10-13H2,1-4H3. The summed E-state index contributed by atoms with van der Waals surface area (Å²) in [4.78, 5) is 15.0. The van der Waals surface area contributed by atoms with Crippen molar-refractivity contribution in [2.75, 3.05) is 31.3 Å². The van der Waals surface area contributed by atoms with E-state index in [2.05, 4.69) is 39.0 Å². The molecule has 4 rings (SSSR count). The summed E-state index contributed by atoms with van der Waals surface area (Å²) >= 11 is 0. The molecule has 1 spiro atoms. The van der Waals surface area contributed by atoms with Crippen LogP contribution in [0.5, 0.6) is 5.75 Å². The molecule has 0 aromatic heterocycles. The van der Waals surface area contributed by atoms with Crippen LogP contribution in [0.1, 0.15) is 42.0 Å². The molecule has 0 atom stereocenters. The van der Waals surface area contributed by atoms with Gasteiger partial charge in [0.25, 0.3) is 11.7 Å². The summed E-state index contributed by atoms with van der Waals surface area (Å²) in [7, 11) is 0. The first-order valence-corrected chi connectivity index (χ1v) is 9.87. The van der Waals surface area contributed by atoms with E-state index in [-0.39, 0.29) is 5.91 Å². The Kier molecular flexibility index (Phi) is 4.89. The number of hydrogen-bond acceptors (Lipinski definition) is 4. The first kappa shape index (κ1) is 19.0. The number of carbonyl (C=O) groups excluding carboxylic acids is 1. The predicted octanol–water partition coefficient (Wildman–Crippen LogP) is 4.05. The highest BCUT2D eigenvalue weighted by Gasteiger charge is 2.56. The minimum Gasteiger partial charge on any atom is -0.491 e. The maximum atomic E-state index is 13.2. The first-order valence-electron chi connectivity index (χ1n) is 9.87. The van der Waals surface area contributed by atoms with E-state index in [1.165, 1.54) is 5.56 Å². The summed E-state index contributed by atoms with van der Waals surface area (Å²) in [5, 5.41) is 0. The molecule has 2 aliphatic heterocycles. The van der Waals surface area contributed by atoms with Crippen molar-refractivity contribution in [2.45, 2.75) is 39.4 Å². The predicted molar refractivity (Wildman–Crippen MR) is 108 cm³/mol. The summed E-state index contributed by atoms with van der Waals surface area (Å²) in [6.07, 6.45) is 0. The van der Waals surface area contributed by atoms with Crippen LogP contribution in [0.25, 0.3) is 0 Å². The fourth-order valence-electron chi connectivity index (χ4n) is 4.07. The Morgan fingerprint density at radius 3 is 2.61 bits per heavy atom. The second-order valence-corrected chi connectivity index (χ2v) is 7.79. The van der Waals surface area contributed by atoms with Crippen LogP contribution < -0.4 is 9.64 Å². The summed E-state index contributed by atoms with van der Waals surface area (Å²) < 4.78 is 17.7. The van der Waals surface area contributed by atoms with Gasteiger partial charge in [0.1, 0.15) is 12.4 Å². The number of ether oxygens (including phenoxy) is 3. The van der Waals surface area contributed by atoms with Crippen molar-refractivity contribution in [1.82, 2.24) is 0 Å². The zero-order valence-corrected chi connectivity index (χ0v) is 17.0. The first-order chi connectivity index (χ1) is 13.4. The van der Waals surface area contributed by atoms with E-state index < -0.39 is 5.79 Å². The number of amides is 1. The summed E-state index contributed by atoms with van der Waals surface area (Å²) in [6.45, 7) is 10.0. The Bertz CT molecular complexity index is 899. The second-order valence-electron chi connectivity index (χ2n) is 7.79. The monoisotopic (exact) mass is 381 g/mol. The lowest BCUT2D eigenvalue weighted by Gasteiger charge is -2.23. The molecular formula is C23H27NO4. The molecule has 28 heavy (non-hydrogen) atoms. The molecule has 0 unspecified atom stereocenters. The highest BCUT2D eigenvalue weighted by atomic mass is 16.7. The van der Waals surface area contributed by atoms with Crippen LogP contribution in [0, 0.1) is 13.8 Å². The Morgan fingerprint density at radius 1 is 1.14 bits per heavy atom. The third kappa shape index (κ3) is 2.99. The molecule has 2 aliphatic rings. The van der Waals surface area contributed by atoms with Gasteiger partial charge in [0, 0.05) is 5.56 Å². The van der Waals surface area contributed by atoms with Gasteiger partial charge in [-0.25, -0.2) is 0 Å². The molecule has 2 heterocycles. The van der Waals surface area contributed by atoms with Crippen LogP contribution in [-0.4, -0.2) is 32.3 Å². The number of anilines is 1. The molecule has 1 fully saturated rings. The van der Waals surface area contributed by atoms with Crippen LogP contribution in [0.3, 0.4) is 0 Å². The van der Waals surface area contributed by atoms with Crippen molar-refractivity contribution in [3.8, 4) is 5.75 Å². The smallest absolute Gasteiger partial charge is 0.292 e. The Labute approximate surface area is 166 Å². The van der Waals surface area contributed by atoms with Gasteiger partial charge in [0.15, 0.2) is 0 Å². The summed E-state index contributed by atoms with van der Waals surface area (Å²) in [5.74, 6) is -0.190. The zero-order valence-electron chi connectivity index (χ0n) is 17.0. The average molecular weight is 381 g/mol. The summed E-state index contributed by atoms with van der Waals surface area (Å²) in [6, 6.07) is 12.1. The Morgan fingerprint density at radius 2 is 1.89 bits per heavy atom. The number of fused-ring (bicyclic) bond motifs is 2. The maximum Gasteiger partial charge on any atom is 0.292 e. The number of benzene rings is 2. The van der Waals surface area contributed by atoms with Crippen LogP contribution in [0.15, 0.2) is 36.4 Å². The average Bonchev–Trinajstić information content (AvgIpc) is 3.23. The quantitative estimate of drug-likeness (QED) is 0.784. The lowest BCUT2D eigenvalue weighted by Crippen LogP contribution is -2.42. The summed E-state index contributed by atoms with van der Waals surface area (Å²) in [5.41, 5.74) is 5.04. The molecule has 5 heteroatoms. The molecule has 0 aliphatic carbocycles. The van der Waals surface area contributed by atoms with Crippen LogP contribution in [0.2, 0.25) is 0 Å². The van der Waals surface area contributed by atoms with Gasteiger partial charge >= 0.3 is 0 Å². The number of aryl methyl sites for hydroxylation is 2. The molecule has 5 nitrogen and oxygen atoms in total. The molecule has 0 N–H and O–H groups in total. The van der Waals surface area contributed by atoms with Gasteiger partial charge in [-0.15, -0.1) is 0 Å². The van der Waals surface area contributed by atoms with Crippen molar-refractivity contribution in [2.24, 2.45) is 0 Å². The van der Waals surface area contributed by atoms with Gasteiger partial charge < -0.3 is 19.1 Å². The maximum absolute atomic E-state index is 13.2. The van der Waals surface area contributed by atoms with E-state index in [9.17, 15) is 4.79 Å². The molecular weight excluding hydrogens is 354 g/mol. The Hall–Kier alpha value is -2.37. The van der Waals surface area contributed by atoms with E-state index in [4.69, 9.17) is 14.2 Å². The van der Waals surface area contributed by atoms with Crippen molar-refractivity contribution >= 4 is 11.6 Å². The van der Waals surface area contributed by atoms with Gasteiger partial charge in [-0.1, -0.05) is 44.2 Å². The number of nitrogens with zero attached hydrogens (tertiary/aromatic N) is 1. The number of rotatable bonds is 5. The third-order valence-corrected chi connectivity index (χ3v) is 5.45. The third-order valence-electron chi connectivity index (χ3n) is 5.45. The molecule has 0 bridgehead atoms. The Balaban J connectivity index is 1.57. The van der Waals surface area contributed by atoms with Gasteiger partial charge in [-0.2, -0.15) is 0 Å². The van der Waals surface area contributed by atoms with Gasteiger partial charge in [0.05, 0.1) is 25.4 Å². The molecule has 1 amide bonds. The van der Waals surface area contributed by atoms with Crippen molar-refractivity contribution in [3.63, 3.8) is 0 Å². The SMILES string of the molecule is Cc1ccc(C(C)C)c(OCCN2C(=O)C3(OCCO3)c3cccc(C)c32)c1. The van der Waals surface area contributed by atoms with E-state index >= 15 is 0 Å². The normalized spacial score (nSPS) is 17.6. The molecule has 148 valence electrons. The zero-order chi connectivity index (χ0) is 19.9. The van der Waals surface area contributed by atoms with E-state index in [1.54, 1.807) is 4.90 Å². The molecule has 2 aromatic carbocycles. The fourth-order valence-corrected chi connectivity index (χ4v) is 4.07. The molecule has 0 saturated carbocycles. The topological polar surface area (TPSA) is 48.0 Å². The molecule has 2 aromatic rings.